The molecule has 0 saturated carbocycles. The Kier molecular flexibility index (Phi) is 9.99. The summed E-state index contributed by atoms with van der Waals surface area (Å²) in [7, 11) is 0. The number of nitrogens with one attached hydrogen (secondary N) is 2. The van der Waals surface area contributed by atoms with Crippen LogP contribution in [0.1, 0.15) is 12.8 Å². The van der Waals surface area contributed by atoms with Gasteiger partial charge in [-0.1, -0.05) is 41.6 Å². The van der Waals surface area contributed by atoms with Gasteiger partial charge in [-0.15, -0.1) is 0 Å². The predicted octanol–water partition coefficient (Wildman–Crippen LogP) is 7.18. The molecule has 0 bridgehead atoms. The van der Waals surface area contributed by atoms with E-state index in [-0.39, 0.29) is 18.7 Å². The first-order chi connectivity index (χ1) is 18.9. The van der Waals surface area contributed by atoms with Crippen LogP contribution in [0.15, 0.2) is 113 Å². The lowest BCUT2D eigenvalue weighted by Crippen LogP contribution is -2.21. The van der Waals surface area contributed by atoms with Crippen molar-refractivity contribution in [3.05, 3.63) is 108 Å². The maximum atomic E-state index is 12.2. The molecule has 0 aliphatic carbocycles. The van der Waals surface area contributed by atoms with Crippen LogP contribution in [0, 0.1) is 0 Å². The van der Waals surface area contributed by atoms with Crippen molar-refractivity contribution in [2.45, 2.75) is 22.6 Å². The molecule has 4 rings (SSSR count). The summed E-state index contributed by atoms with van der Waals surface area (Å²) in [4.78, 5) is 38.4. The SMILES string of the molecule is O=C(CCC(=O)OCC(=O)Nc1ccc(Oc2ccccc2)cc1)Nc1ccc(Sc2ccc(Cl)cc2)cc1. The molecule has 0 unspecified atom stereocenters. The molecule has 9 heteroatoms. The number of carbonyl (C=O) groups excluding carboxylic acids is 3. The van der Waals surface area contributed by atoms with Crippen molar-refractivity contribution < 1.29 is 23.9 Å². The molecule has 2 amide bonds. The number of halogens is 1. The molecular weight excluding hydrogens is 536 g/mol. The summed E-state index contributed by atoms with van der Waals surface area (Å²) < 4.78 is 10.7. The first-order valence-electron chi connectivity index (χ1n) is 12.0. The van der Waals surface area contributed by atoms with E-state index in [9.17, 15) is 14.4 Å². The molecule has 39 heavy (non-hydrogen) atoms. The van der Waals surface area contributed by atoms with E-state index < -0.39 is 18.5 Å². The van der Waals surface area contributed by atoms with Gasteiger partial charge in [0.05, 0.1) is 6.42 Å². The molecule has 0 aliphatic rings. The van der Waals surface area contributed by atoms with Crippen LogP contribution in [-0.4, -0.2) is 24.4 Å². The lowest BCUT2D eigenvalue weighted by atomic mass is 10.2. The van der Waals surface area contributed by atoms with Crippen LogP contribution in [0.4, 0.5) is 11.4 Å². The minimum Gasteiger partial charge on any atom is -0.457 e. The first-order valence-corrected chi connectivity index (χ1v) is 13.2. The lowest BCUT2D eigenvalue weighted by Gasteiger charge is -2.09. The zero-order valence-corrected chi connectivity index (χ0v) is 22.3. The number of para-hydroxylation sites is 1. The Morgan fingerprint density at radius 2 is 1.18 bits per heavy atom. The van der Waals surface area contributed by atoms with Crippen molar-refractivity contribution in [1.82, 2.24) is 0 Å². The van der Waals surface area contributed by atoms with Crippen LogP contribution >= 0.6 is 23.4 Å². The van der Waals surface area contributed by atoms with E-state index in [1.54, 1.807) is 48.2 Å². The second kappa shape index (κ2) is 14.0. The van der Waals surface area contributed by atoms with Gasteiger partial charge in [-0.2, -0.15) is 0 Å². The number of amides is 2. The topological polar surface area (TPSA) is 93.7 Å². The molecule has 4 aromatic rings. The molecule has 0 fully saturated rings. The molecule has 0 atom stereocenters. The van der Waals surface area contributed by atoms with Crippen LogP contribution in [0.5, 0.6) is 11.5 Å². The summed E-state index contributed by atoms with van der Waals surface area (Å²) in [5, 5.41) is 6.08. The van der Waals surface area contributed by atoms with Crippen LogP contribution in [0.2, 0.25) is 5.02 Å². The number of hydrogen-bond donors (Lipinski definition) is 2. The predicted molar refractivity (Wildman–Crippen MR) is 152 cm³/mol. The normalized spacial score (nSPS) is 10.4. The van der Waals surface area contributed by atoms with Gasteiger partial charge in [-0.3, -0.25) is 14.4 Å². The molecule has 4 aromatic carbocycles. The van der Waals surface area contributed by atoms with Gasteiger partial charge in [-0.05, 0) is 84.9 Å². The standard InChI is InChI=1S/C30H25ClN2O5S/c31-21-6-14-26(15-7-21)39-27-16-10-23(11-17-27)32-28(34)18-19-30(36)37-20-29(35)33-22-8-12-25(13-9-22)38-24-4-2-1-3-5-24/h1-17H,18-20H2,(H,32,34)(H,33,35). The van der Waals surface area contributed by atoms with E-state index in [1.165, 1.54) is 0 Å². The van der Waals surface area contributed by atoms with Crippen molar-refractivity contribution in [1.29, 1.82) is 0 Å². The van der Waals surface area contributed by atoms with Gasteiger partial charge in [0.1, 0.15) is 11.5 Å². The smallest absolute Gasteiger partial charge is 0.306 e. The average molecular weight is 561 g/mol. The molecule has 198 valence electrons. The molecule has 0 aromatic heterocycles. The van der Waals surface area contributed by atoms with Crippen molar-refractivity contribution in [3.8, 4) is 11.5 Å². The van der Waals surface area contributed by atoms with Gasteiger partial charge in [0.15, 0.2) is 6.61 Å². The zero-order chi connectivity index (χ0) is 27.5. The number of ether oxygens (including phenoxy) is 2. The minimum atomic E-state index is -0.637. The number of benzene rings is 4. The Hall–Kier alpha value is -4.27. The maximum absolute atomic E-state index is 12.2. The average Bonchev–Trinajstić information content (AvgIpc) is 2.95. The third-order valence-corrected chi connectivity index (χ3v) is 6.49. The molecule has 7 nitrogen and oxygen atoms in total. The highest BCUT2D eigenvalue weighted by Crippen LogP contribution is 2.29. The highest BCUT2D eigenvalue weighted by Gasteiger charge is 2.11. The lowest BCUT2D eigenvalue weighted by molar-refractivity contribution is -0.147. The third kappa shape index (κ3) is 9.52. The van der Waals surface area contributed by atoms with Gasteiger partial charge < -0.3 is 20.1 Å². The largest absolute Gasteiger partial charge is 0.457 e. The summed E-state index contributed by atoms with van der Waals surface area (Å²) in [5.41, 5.74) is 1.15. The van der Waals surface area contributed by atoms with E-state index in [0.717, 1.165) is 9.79 Å². The zero-order valence-electron chi connectivity index (χ0n) is 20.8. The van der Waals surface area contributed by atoms with Crippen molar-refractivity contribution in [2.75, 3.05) is 17.2 Å². The van der Waals surface area contributed by atoms with E-state index in [4.69, 9.17) is 21.1 Å². The summed E-state index contributed by atoms with van der Waals surface area (Å²) >= 11 is 7.49. The van der Waals surface area contributed by atoms with Gasteiger partial charge in [-0.25, -0.2) is 0 Å². The van der Waals surface area contributed by atoms with Gasteiger partial charge >= 0.3 is 5.97 Å². The minimum absolute atomic E-state index is 0.0649. The number of carbonyl (C=O) groups is 3. The number of anilines is 2. The van der Waals surface area contributed by atoms with Crippen molar-refractivity contribution in [3.63, 3.8) is 0 Å². The fourth-order valence-corrected chi connectivity index (χ4v) is 4.27. The number of rotatable bonds is 11. The summed E-state index contributed by atoms with van der Waals surface area (Å²) in [5.74, 6) is -0.121. The van der Waals surface area contributed by atoms with Crippen molar-refractivity contribution in [2.24, 2.45) is 0 Å². The van der Waals surface area contributed by atoms with E-state index >= 15 is 0 Å². The summed E-state index contributed by atoms with van der Waals surface area (Å²) in [6.07, 6.45) is -0.209. The second-order valence-corrected chi connectivity index (χ2v) is 9.86. The molecule has 0 radical (unpaired) electrons. The number of esters is 1. The second-order valence-electron chi connectivity index (χ2n) is 8.28. The fourth-order valence-electron chi connectivity index (χ4n) is 3.33. The van der Waals surface area contributed by atoms with Crippen LogP contribution < -0.4 is 15.4 Å². The van der Waals surface area contributed by atoms with Crippen LogP contribution in [0.25, 0.3) is 0 Å². The van der Waals surface area contributed by atoms with Crippen molar-refractivity contribution >= 4 is 52.5 Å². The van der Waals surface area contributed by atoms with Crippen LogP contribution in [-0.2, 0) is 19.1 Å². The maximum Gasteiger partial charge on any atom is 0.306 e. The first kappa shape index (κ1) is 27.8. The Balaban J connectivity index is 1.13. The molecule has 0 saturated heterocycles. The highest BCUT2D eigenvalue weighted by atomic mass is 35.5. The molecule has 0 heterocycles. The summed E-state index contributed by atoms with van der Waals surface area (Å²) in [6, 6.07) is 31.1. The molecule has 2 N–H and O–H groups in total. The van der Waals surface area contributed by atoms with Gasteiger partial charge in [0.25, 0.3) is 5.91 Å². The molecule has 0 spiro atoms. The van der Waals surface area contributed by atoms with E-state index in [1.807, 2.05) is 66.7 Å². The Morgan fingerprint density at radius 3 is 1.82 bits per heavy atom. The monoisotopic (exact) mass is 560 g/mol. The Labute approximate surface area is 235 Å². The van der Waals surface area contributed by atoms with Gasteiger partial charge in [0, 0.05) is 32.6 Å². The molecule has 0 aliphatic heterocycles. The fraction of sp³-hybridized carbons (Fsp3) is 0.100. The highest BCUT2D eigenvalue weighted by molar-refractivity contribution is 7.99. The third-order valence-electron chi connectivity index (χ3n) is 5.22. The Bertz CT molecular complexity index is 1400. The quantitative estimate of drug-likeness (QED) is 0.189. The molecular formula is C30H25ClN2O5S. The Morgan fingerprint density at radius 1 is 0.641 bits per heavy atom. The van der Waals surface area contributed by atoms with Crippen LogP contribution in [0.3, 0.4) is 0 Å². The number of hydrogen-bond acceptors (Lipinski definition) is 6. The van der Waals surface area contributed by atoms with E-state index in [0.29, 0.717) is 27.9 Å². The summed E-state index contributed by atoms with van der Waals surface area (Å²) in [6.45, 7) is -0.449. The van der Waals surface area contributed by atoms with Gasteiger partial charge in [0.2, 0.25) is 5.91 Å². The van der Waals surface area contributed by atoms with E-state index in [2.05, 4.69) is 10.6 Å².